The Hall–Kier alpha value is -1.71. The maximum absolute atomic E-state index is 11.8. The largest absolute Gasteiger partial charge is 0.481 e. The lowest BCUT2D eigenvalue weighted by Crippen LogP contribution is -2.41. The SMILES string of the molecule is CC(C)CN1C(=O)COc2cccc(N)c21. The van der Waals surface area contributed by atoms with Gasteiger partial charge in [0.05, 0.1) is 5.69 Å². The van der Waals surface area contributed by atoms with Crippen LogP contribution < -0.4 is 15.4 Å². The number of carbonyl (C=O) groups excluding carboxylic acids is 1. The van der Waals surface area contributed by atoms with Crippen LogP contribution in [0.2, 0.25) is 0 Å². The number of carbonyl (C=O) groups is 1. The van der Waals surface area contributed by atoms with Crippen LogP contribution in [0.25, 0.3) is 0 Å². The molecule has 0 unspecified atom stereocenters. The molecule has 1 aliphatic rings. The summed E-state index contributed by atoms with van der Waals surface area (Å²) in [5, 5.41) is 0. The molecular formula is C12H16N2O2. The zero-order valence-corrected chi connectivity index (χ0v) is 9.56. The van der Waals surface area contributed by atoms with Crippen LogP contribution in [0.15, 0.2) is 18.2 Å². The number of nitrogens with zero attached hydrogens (tertiary/aromatic N) is 1. The second kappa shape index (κ2) is 4.04. The summed E-state index contributed by atoms with van der Waals surface area (Å²) in [5.74, 6) is 1.06. The number of hydrogen-bond acceptors (Lipinski definition) is 3. The lowest BCUT2D eigenvalue weighted by molar-refractivity contribution is -0.121. The van der Waals surface area contributed by atoms with Gasteiger partial charge in [-0.05, 0) is 18.1 Å². The van der Waals surface area contributed by atoms with Gasteiger partial charge in [0.1, 0.15) is 11.4 Å². The first-order valence-corrected chi connectivity index (χ1v) is 5.41. The van der Waals surface area contributed by atoms with Crippen molar-refractivity contribution in [1.29, 1.82) is 0 Å². The van der Waals surface area contributed by atoms with E-state index in [1.807, 2.05) is 12.1 Å². The Labute approximate surface area is 95.0 Å². The van der Waals surface area contributed by atoms with E-state index >= 15 is 0 Å². The third-order valence-corrected chi connectivity index (χ3v) is 2.50. The number of fused-ring (bicyclic) bond motifs is 1. The van der Waals surface area contributed by atoms with Gasteiger partial charge in [-0.3, -0.25) is 4.79 Å². The van der Waals surface area contributed by atoms with E-state index in [9.17, 15) is 4.79 Å². The van der Waals surface area contributed by atoms with Gasteiger partial charge in [-0.1, -0.05) is 19.9 Å². The van der Waals surface area contributed by atoms with Crippen LogP contribution in [0.5, 0.6) is 5.75 Å². The Kier molecular flexibility index (Phi) is 2.73. The summed E-state index contributed by atoms with van der Waals surface area (Å²) in [6.07, 6.45) is 0. The number of rotatable bonds is 2. The second-order valence-corrected chi connectivity index (χ2v) is 4.38. The lowest BCUT2D eigenvalue weighted by Gasteiger charge is -2.31. The van der Waals surface area contributed by atoms with Gasteiger partial charge in [-0.15, -0.1) is 0 Å². The molecule has 0 saturated carbocycles. The summed E-state index contributed by atoms with van der Waals surface area (Å²) in [6.45, 7) is 4.91. The Morgan fingerprint density at radius 3 is 2.94 bits per heavy atom. The Bertz CT molecular complexity index is 415. The normalized spacial score (nSPS) is 14.9. The number of amides is 1. The molecule has 0 spiro atoms. The molecule has 2 rings (SSSR count). The zero-order chi connectivity index (χ0) is 11.7. The van der Waals surface area contributed by atoms with Crippen LogP contribution >= 0.6 is 0 Å². The van der Waals surface area contributed by atoms with Crippen molar-refractivity contribution in [3.63, 3.8) is 0 Å². The molecule has 1 aromatic rings. The average molecular weight is 220 g/mol. The van der Waals surface area contributed by atoms with Gasteiger partial charge in [-0.25, -0.2) is 0 Å². The molecule has 0 saturated heterocycles. The van der Waals surface area contributed by atoms with Gasteiger partial charge in [0.15, 0.2) is 6.61 Å². The summed E-state index contributed by atoms with van der Waals surface area (Å²) in [7, 11) is 0. The van der Waals surface area contributed by atoms with E-state index in [2.05, 4.69) is 13.8 Å². The molecule has 0 aromatic heterocycles. The highest BCUT2D eigenvalue weighted by Crippen LogP contribution is 2.37. The van der Waals surface area contributed by atoms with Gasteiger partial charge < -0.3 is 15.4 Å². The molecule has 0 bridgehead atoms. The topological polar surface area (TPSA) is 55.6 Å². The highest BCUT2D eigenvalue weighted by atomic mass is 16.5. The molecule has 1 aromatic carbocycles. The van der Waals surface area contributed by atoms with Crippen molar-refractivity contribution >= 4 is 17.3 Å². The van der Waals surface area contributed by atoms with Crippen LogP contribution in [0.3, 0.4) is 0 Å². The average Bonchev–Trinajstić information content (AvgIpc) is 2.22. The number of hydrogen-bond donors (Lipinski definition) is 1. The summed E-state index contributed by atoms with van der Waals surface area (Å²) in [6, 6.07) is 5.46. The minimum atomic E-state index is -0.0286. The molecule has 0 aliphatic carbocycles. The van der Waals surface area contributed by atoms with Gasteiger partial charge in [0.25, 0.3) is 5.91 Å². The highest BCUT2D eigenvalue weighted by molar-refractivity contribution is 6.01. The Morgan fingerprint density at radius 1 is 1.50 bits per heavy atom. The first kappa shape index (κ1) is 10.8. The van der Waals surface area contributed by atoms with Crippen LogP contribution in [-0.2, 0) is 4.79 Å². The van der Waals surface area contributed by atoms with Crippen molar-refractivity contribution in [3.05, 3.63) is 18.2 Å². The molecule has 1 aliphatic heterocycles. The Balaban J connectivity index is 2.42. The monoisotopic (exact) mass is 220 g/mol. The van der Waals surface area contributed by atoms with Crippen molar-refractivity contribution in [2.75, 3.05) is 23.8 Å². The number of anilines is 2. The predicted molar refractivity (Wildman–Crippen MR) is 63.5 cm³/mol. The fourth-order valence-corrected chi connectivity index (χ4v) is 1.84. The van der Waals surface area contributed by atoms with E-state index in [0.717, 1.165) is 0 Å². The number of nitrogens with two attached hydrogens (primary N) is 1. The Morgan fingerprint density at radius 2 is 2.25 bits per heavy atom. The third-order valence-electron chi connectivity index (χ3n) is 2.50. The zero-order valence-electron chi connectivity index (χ0n) is 9.56. The number of para-hydroxylation sites is 1. The molecule has 16 heavy (non-hydrogen) atoms. The fourth-order valence-electron chi connectivity index (χ4n) is 1.84. The van der Waals surface area contributed by atoms with Crippen molar-refractivity contribution in [3.8, 4) is 5.75 Å². The molecule has 4 heteroatoms. The fraction of sp³-hybridized carbons (Fsp3) is 0.417. The van der Waals surface area contributed by atoms with Crippen LogP contribution in [0.1, 0.15) is 13.8 Å². The molecule has 0 radical (unpaired) electrons. The summed E-state index contributed by atoms with van der Waals surface area (Å²) in [5.41, 5.74) is 7.20. The maximum atomic E-state index is 11.8. The second-order valence-electron chi connectivity index (χ2n) is 4.38. The first-order chi connectivity index (χ1) is 7.59. The minimum Gasteiger partial charge on any atom is -0.481 e. The van der Waals surface area contributed by atoms with E-state index in [4.69, 9.17) is 10.5 Å². The molecule has 1 amide bonds. The van der Waals surface area contributed by atoms with Crippen molar-refractivity contribution in [2.45, 2.75) is 13.8 Å². The molecule has 4 nitrogen and oxygen atoms in total. The smallest absolute Gasteiger partial charge is 0.265 e. The van der Waals surface area contributed by atoms with Gasteiger partial charge >= 0.3 is 0 Å². The van der Waals surface area contributed by atoms with Crippen LogP contribution in [-0.4, -0.2) is 19.1 Å². The molecule has 0 atom stereocenters. The molecule has 1 heterocycles. The minimum absolute atomic E-state index is 0.0286. The van der Waals surface area contributed by atoms with Gasteiger partial charge in [-0.2, -0.15) is 0 Å². The number of nitrogen functional groups attached to an aromatic ring is 1. The van der Waals surface area contributed by atoms with E-state index < -0.39 is 0 Å². The van der Waals surface area contributed by atoms with Crippen molar-refractivity contribution < 1.29 is 9.53 Å². The molecular weight excluding hydrogens is 204 g/mol. The number of ether oxygens (including phenoxy) is 1. The van der Waals surface area contributed by atoms with Crippen molar-refractivity contribution in [2.24, 2.45) is 5.92 Å². The highest BCUT2D eigenvalue weighted by Gasteiger charge is 2.27. The summed E-state index contributed by atoms with van der Waals surface area (Å²) < 4.78 is 5.36. The summed E-state index contributed by atoms with van der Waals surface area (Å²) in [4.78, 5) is 13.5. The van der Waals surface area contributed by atoms with E-state index in [1.54, 1.807) is 11.0 Å². The van der Waals surface area contributed by atoms with Gasteiger partial charge in [0.2, 0.25) is 0 Å². The summed E-state index contributed by atoms with van der Waals surface area (Å²) >= 11 is 0. The van der Waals surface area contributed by atoms with Crippen molar-refractivity contribution in [1.82, 2.24) is 0 Å². The van der Waals surface area contributed by atoms with E-state index in [1.165, 1.54) is 0 Å². The predicted octanol–water partition coefficient (Wildman–Crippen LogP) is 1.65. The van der Waals surface area contributed by atoms with E-state index in [0.29, 0.717) is 29.6 Å². The molecule has 2 N–H and O–H groups in total. The molecule has 0 fully saturated rings. The maximum Gasteiger partial charge on any atom is 0.265 e. The van der Waals surface area contributed by atoms with Crippen LogP contribution in [0, 0.1) is 5.92 Å². The van der Waals surface area contributed by atoms with Crippen LogP contribution in [0.4, 0.5) is 11.4 Å². The standard InChI is InChI=1S/C12H16N2O2/c1-8(2)6-14-11(15)7-16-10-5-3-4-9(13)12(10)14/h3-5,8H,6-7,13H2,1-2H3. The first-order valence-electron chi connectivity index (χ1n) is 5.41. The molecule has 86 valence electrons. The number of benzene rings is 1. The lowest BCUT2D eigenvalue weighted by atomic mass is 10.1. The van der Waals surface area contributed by atoms with Gasteiger partial charge in [0, 0.05) is 6.54 Å². The third kappa shape index (κ3) is 1.83. The van der Waals surface area contributed by atoms with E-state index in [-0.39, 0.29) is 12.5 Å². The quantitative estimate of drug-likeness (QED) is 0.771.